The quantitative estimate of drug-likeness (QED) is 0.348. The molecule has 128 valence electrons. The fraction of sp³-hybridized carbons (Fsp3) is 0. The monoisotopic (exact) mass is 353 g/mol. The van der Waals surface area contributed by atoms with Gasteiger partial charge in [0.2, 0.25) is 0 Å². The van der Waals surface area contributed by atoms with Crippen LogP contribution < -0.4 is 0 Å². The first-order chi connectivity index (χ1) is 13.7. The number of fused-ring (bicyclic) bond motifs is 2. The third-order valence-corrected chi connectivity index (χ3v) is 4.95. The van der Waals surface area contributed by atoms with Gasteiger partial charge in [-0.25, -0.2) is 0 Å². The molecular formula is C27H15N. The number of aromatic nitrogens is 1. The van der Waals surface area contributed by atoms with Crippen LogP contribution in [0.15, 0.2) is 67.5 Å². The summed E-state index contributed by atoms with van der Waals surface area (Å²) in [5.74, 6) is 8.37. The first-order valence-corrected chi connectivity index (χ1v) is 8.72. The molecule has 4 rings (SSSR count). The topological polar surface area (TPSA) is 12.9 Å². The zero-order chi connectivity index (χ0) is 19.7. The molecule has 0 unspecified atom stereocenters. The van der Waals surface area contributed by atoms with Crippen LogP contribution in [0.4, 0.5) is 0 Å². The van der Waals surface area contributed by atoms with Crippen molar-refractivity contribution < 1.29 is 0 Å². The molecule has 0 N–H and O–H groups in total. The van der Waals surface area contributed by atoms with Crippen LogP contribution in [0.5, 0.6) is 0 Å². The molecule has 0 saturated heterocycles. The summed E-state index contributed by atoms with van der Waals surface area (Å²) in [6, 6.07) is 15.6. The van der Waals surface area contributed by atoms with Crippen molar-refractivity contribution in [3.8, 4) is 37.0 Å². The second kappa shape index (κ2) is 6.81. The Kier molecular flexibility index (Phi) is 4.18. The van der Waals surface area contributed by atoms with Crippen LogP contribution in [0, 0.1) is 37.0 Å². The van der Waals surface area contributed by atoms with Gasteiger partial charge in [-0.15, -0.1) is 19.3 Å². The summed E-state index contributed by atoms with van der Waals surface area (Å²) in [4.78, 5) is 4.11. The van der Waals surface area contributed by atoms with E-state index in [2.05, 4.69) is 29.3 Å². The highest BCUT2D eigenvalue weighted by Gasteiger charge is 2.19. The molecule has 0 aliphatic heterocycles. The Balaban J connectivity index is 2.30. The minimum atomic E-state index is 0.721. The van der Waals surface area contributed by atoms with E-state index >= 15 is 0 Å². The van der Waals surface area contributed by atoms with Gasteiger partial charge in [0.15, 0.2) is 0 Å². The lowest BCUT2D eigenvalue weighted by molar-refractivity contribution is 1.32. The fourth-order valence-corrected chi connectivity index (χ4v) is 3.74. The highest BCUT2D eigenvalue weighted by atomic mass is 14.6. The molecule has 1 heterocycles. The number of hydrogen-bond donors (Lipinski definition) is 0. The molecule has 0 fully saturated rings. The van der Waals surface area contributed by atoms with Crippen molar-refractivity contribution in [3.05, 3.63) is 95.3 Å². The van der Waals surface area contributed by atoms with E-state index in [1.54, 1.807) is 12.4 Å². The van der Waals surface area contributed by atoms with E-state index in [0.29, 0.717) is 0 Å². The Morgan fingerprint density at radius 2 is 1.29 bits per heavy atom. The van der Waals surface area contributed by atoms with Gasteiger partial charge in [0.05, 0.1) is 0 Å². The Labute approximate surface area is 164 Å². The molecule has 0 aliphatic rings. The summed E-state index contributed by atoms with van der Waals surface area (Å²) >= 11 is 0. The van der Waals surface area contributed by atoms with Crippen LogP contribution in [0.2, 0.25) is 0 Å². The smallest absolute Gasteiger partial charge is 0.0425 e. The molecule has 1 heteroatoms. The standard InChI is InChI=1S/C27H15N/c1-5-19-10-8-12-23-25(18(4)21-14-16-28-17-15-21)24-13-9-11-20(6-2)27(24)22(7-3)26(19)23/h1-3,8-17H,4H2. The minimum absolute atomic E-state index is 0.721. The highest BCUT2D eigenvalue weighted by Crippen LogP contribution is 2.40. The van der Waals surface area contributed by atoms with Gasteiger partial charge in [-0.1, -0.05) is 48.6 Å². The molecule has 0 aliphatic carbocycles. The molecule has 0 bridgehead atoms. The van der Waals surface area contributed by atoms with E-state index in [9.17, 15) is 0 Å². The molecule has 0 atom stereocenters. The van der Waals surface area contributed by atoms with Crippen molar-refractivity contribution in [2.75, 3.05) is 0 Å². The normalized spacial score (nSPS) is 10.2. The lowest BCUT2D eigenvalue weighted by Gasteiger charge is -2.18. The maximum atomic E-state index is 5.95. The van der Waals surface area contributed by atoms with Crippen LogP contribution in [0.25, 0.3) is 27.1 Å². The third kappa shape index (κ3) is 2.46. The van der Waals surface area contributed by atoms with Crippen LogP contribution in [-0.2, 0) is 0 Å². The predicted octanol–water partition coefficient (Wildman–Crippen LogP) is 5.39. The predicted molar refractivity (Wildman–Crippen MR) is 118 cm³/mol. The zero-order valence-electron chi connectivity index (χ0n) is 15.2. The summed E-state index contributed by atoms with van der Waals surface area (Å²) in [5.41, 5.74) is 5.02. The van der Waals surface area contributed by atoms with Crippen molar-refractivity contribution in [1.82, 2.24) is 4.98 Å². The first-order valence-electron chi connectivity index (χ1n) is 8.72. The molecule has 0 amide bonds. The van der Waals surface area contributed by atoms with Crippen LogP contribution in [0.1, 0.15) is 27.8 Å². The van der Waals surface area contributed by atoms with E-state index in [4.69, 9.17) is 19.3 Å². The van der Waals surface area contributed by atoms with Gasteiger partial charge in [-0.2, -0.15) is 0 Å². The maximum Gasteiger partial charge on any atom is 0.0425 e. The summed E-state index contributed by atoms with van der Waals surface area (Å²) in [6.07, 6.45) is 21.1. The molecule has 0 spiro atoms. The summed E-state index contributed by atoms with van der Waals surface area (Å²) in [7, 11) is 0. The number of pyridine rings is 1. The van der Waals surface area contributed by atoms with Crippen molar-refractivity contribution >= 4 is 27.1 Å². The maximum absolute atomic E-state index is 5.95. The molecule has 1 aromatic heterocycles. The number of hydrogen-bond acceptors (Lipinski definition) is 1. The van der Waals surface area contributed by atoms with Gasteiger partial charge in [-0.3, -0.25) is 4.98 Å². The Hall–Kier alpha value is -4.25. The van der Waals surface area contributed by atoms with Gasteiger partial charge < -0.3 is 0 Å². The van der Waals surface area contributed by atoms with Crippen LogP contribution >= 0.6 is 0 Å². The summed E-state index contributed by atoms with van der Waals surface area (Å²) in [6.45, 7) is 4.38. The van der Waals surface area contributed by atoms with Gasteiger partial charge in [0, 0.05) is 39.9 Å². The minimum Gasteiger partial charge on any atom is -0.265 e. The number of rotatable bonds is 2. The molecule has 3 aromatic carbocycles. The fourth-order valence-electron chi connectivity index (χ4n) is 3.74. The van der Waals surface area contributed by atoms with Crippen LogP contribution in [-0.4, -0.2) is 4.98 Å². The Morgan fingerprint density at radius 1 is 0.750 bits per heavy atom. The lowest BCUT2D eigenvalue weighted by atomic mass is 9.84. The summed E-state index contributed by atoms with van der Waals surface area (Å²) in [5, 5.41) is 3.64. The first kappa shape index (κ1) is 17.2. The van der Waals surface area contributed by atoms with E-state index in [0.717, 1.165) is 54.9 Å². The van der Waals surface area contributed by atoms with Crippen molar-refractivity contribution in [1.29, 1.82) is 0 Å². The Morgan fingerprint density at radius 3 is 1.75 bits per heavy atom. The average Bonchev–Trinajstić information content (AvgIpc) is 2.76. The van der Waals surface area contributed by atoms with E-state index in [1.165, 1.54) is 0 Å². The lowest BCUT2D eigenvalue weighted by Crippen LogP contribution is -1.98. The highest BCUT2D eigenvalue weighted by molar-refractivity contribution is 6.17. The molecule has 0 radical (unpaired) electrons. The average molecular weight is 353 g/mol. The van der Waals surface area contributed by atoms with E-state index in [1.807, 2.05) is 48.5 Å². The van der Waals surface area contributed by atoms with Gasteiger partial charge in [0.25, 0.3) is 0 Å². The van der Waals surface area contributed by atoms with Crippen molar-refractivity contribution in [2.24, 2.45) is 0 Å². The van der Waals surface area contributed by atoms with Crippen LogP contribution in [0.3, 0.4) is 0 Å². The largest absolute Gasteiger partial charge is 0.265 e. The number of benzene rings is 3. The number of nitrogens with zero attached hydrogens (tertiary/aromatic N) is 1. The molecule has 0 saturated carbocycles. The molecule has 1 nitrogen and oxygen atoms in total. The Bertz CT molecular complexity index is 1310. The summed E-state index contributed by atoms with van der Waals surface area (Å²) < 4.78 is 0. The molecular weight excluding hydrogens is 338 g/mol. The van der Waals surface area contributed by atoms with Crippen molar-refractivity contribution in [2.45, 2.75) is 0 Å². The van der Waals surface area contributed by atoms with Gasteiger partial charge in [0.1, 0.15) is 0 Å². The second-order valence-corrected chi connectivity index (χ2v) is 6.35. The zero-order valence-corrected chi connectivity index (χ0v) is 15.2. The van der Waals surface area contributed by atoms with Gasteiger partial charge in [-0.05, 0) is 51.7 Å². The SMILES string of the molecule is C#Cc1cccc2c(C(=C)c3ccncc3)c3cccc(C#C)c3c(C#C)c12. The second-order valence-electron chi connectivity index (χ2n) is 6.35. The van der Waals surface area contributed by atoms with Crippen molar-refractivity contribution in [3.63, 3.8) is 0 Å². The van der Waals surface area contributed by atoms with E-state index in [-0.39, 0.29) is 0 Å². The molecule has 4 aromatic rings. The van der Waals surface area contributed by atoms with Gasteiger partial charge >= 0.3 is 0 Å². The van der Waals surface area contributed by atoms with E-state index < -0.39 is 0 Å². The molecule has 28 heavy (non-hydrogen) atoms. The number of terminal acetylenes is 3. The third-order valence-electron chi connectivity index (χ3n) is 4.95.